The second-order valence-corrected chi connectivity index (χ2v) is 20.1. The number of rotatable bonds is 53. The average molecular weight is 953 g/mol. The normalized spacial score (nSPS) is 13.5. The highest BCUT2D eigenvalue weighted by Gasteiger charge is 2.24. The number of carbonyl (C=O) groups excluding carboxylic acids is 2. The Balaban J connectivity index is 4.62. The van der Waals surface area contributed by atoms with Gasteiger partial charge in [-0.1, -0.05) is 255 Å². The van der Waals surface area contributed by atoms with Crippen molar-refractivity contribution in [2.75, 3.05) is 6.61 Å². The predicted molar refractivity (Wildman–Crippen MR) is 296 cm³/mol. The standard InChI is InChI=1S/C62H113NO5/c1-4-7-10-13-16-19-22-25-28-30-31-32-34-37-40-43-46-49-52-55-62(67)68-58(53-50-47-44-41-38-35-33-29-26-23-20-17-14-11-8-5-2)56-61(66)63-59(57-64)60(65)54-51-48-45-42-39-36-27-24-21-18-15-12-9-6-3/h16,19,25,28-29,31-33,35,38,58-60,64-65H,4-15,17-18,20-24,26-27,30,34,36-37,39-57H2,1-3H3,(H,63,66)/b19-16-,28-25-,32-31-,33-29+,38-35+. The Morgan fingerprint density at radius 3 is 1.26 bits per heavy atom. The van der Waals surface area contributed by atoms with Crippen LogP contribution in [0.4, 0.5) is 0 Å². The maximum absolute atomic E-state index is 13.3. The minimum Gasteiger partial charge on any atom is -0.462 e. The summed E-state index contributed by atoms with van der Waals surface area (Å²) in [4.78, 5) is 26.3. The van der Waals surface area contributed by atoms with Gasteiger partial charge in [-0.05, 0) is 89.9 Å². The quantitative estimate of drug-likeness (QED) is 0.0244. The van der Waals surface area contributed by atoms with E-state index < -0.39 is 18.2 Å². The van der Waals surface area contributed by atoms with Crippen molar-refractivity contribution in [3.05, 3.63) is 60.8 Å². The summed E-state index contributed by atoms with van der Waals surface area (Å²) in [7, 11) is 0. The zero-order valence-electron chi connectivity index (χ0n) is 45.2. The highest BCUT2D eigenvalue weighted by molar-refractivity contribution is 5.77. The molecule has 0 bridgehead atoms. The van der Waals surface area contributed by atoms with Crippen LogP contribution in [0.1, 0.15) is 297 Å². The molecule has 1 amide bonds. The number of hydrogen-bond donors (Lipinski definition) is 3. The van der Waals surface area contributed by atoms with Crippen LogP contribution in [0.3, 0.4) is 0 Å². The van der Waals surface area contributed by atoms with Gasteiger partial charge in [0, 0.05) is 6.42 Å². The van der Waals surface area contributed by atoms with Gasteiger partial charge in [-0.2, -0.15) is 0 Å². The van der Waals surface area contributed by atoms with Crippen LogP contribution in [-0.2, 0) is 14.3 Å². The molecule has 0 aliphatic carbocycles. The van der Waals surface area contributed by atoms with E-state index in [0.29, 0.717) is 19.3 Å². The van der Waals surface area contributed by atoms with Crippen LogP contribution in [-0.4, -0.2) is 46.9 Å². The molecule has 0 saturated heterocycles. The van der Waals surface area contributed by atoms with Crippen LogP contribution in [0.2, 0.25) is 0 Å². The largest absolute Gasteiger partial charge is 0.462 e. The lowest BCUT2D eigenvalue weighted by molar-refractivity contribution is -0.151. The molecule has 0 aliphatic heterocycles. The highest BCUT2D eigenvalue weighted by atomic mass is 16.5. The predicted octanol–water partition coefficient (Wildman–Crippen LogP) is 18.4. The summed E-state index contributed by atoms with van der Waals surface area (Å²) in [6.45, 7) is 6.47. The van der Waals surface area contributed by atoms with Crippen molar-refractivity contribution in [2.45, 2.75) is 315 Å². The molecule has 0 aromatic rings. The molecular formula is C62H113NO5. The number of aliphatic hydroxyl groups is 2. The second kappa shape index (κ2) is 55.5. The molecule has 0 aromatic heterocycles. The van der Waals surface area contributed by atoms with E-state index in [0.717, 1.165) is 89.9 Å². The summed E-state index contributed by atoms with van der Waals surface area (Å²) in [5.74, 6) is -0.506. The Bertz CT molecular complexity index is 1210. The molecule has 0 rings (SSSR count). The number of esters is 1. The molecule has 0 radical (unpaired) electrons. The summed E-state index contributed by atoms with van der Waals surface area (Å²) < 4.78 is 5.95. The Morgan fingerprint density at radius 1 is 0.441 bits per heavy atom. The van der Waals surface area contributed by atoms with E-state index in [2.05, 4.69) is 86.8 Å². The minimum absolute atomic E-state index is 0.0541. The topological polar surface area (TPSA) is 95.9 Å². The number of nitrogens with one attached hydrogen (secondary N) is 1. The lowest BCUT2D eigenvalue weighted by Gasteiger charge is -2.24. The van der Waals surface area contributed by atoms with Crippen LogP contribution >= 0.6 is 0 Å². The monoisotopic (exact) mass is 952 g/mol. The van der Waals surface area contributed by atoms with Crippen molar-refractivity contribution >= 4 is 11.9 Å². The maximum Gasteiger partial charge on any atom is 0.306 e. The molecular weight excluding hydrogens is 839 g/mol. The van der Waals surface area contributed by atoms with Crippen LogP contribution in [0, 0.1) is 0 Å². The minimum atomic E-state index is -0.799. The fourth-order valence-corrected chi connectivity index (χ4v) is 8.84. The van der Waals surface area contributed by atoms with Gasteiger partial charge < -0.3 is 20.3 Å². The van der Waals surface area contributed by atoms with Crippen molar-refractivity contribution in [1.82, 2.24) is 5.32 Å². The molecule has 396 valence electrons. The van der Waals surface area contributed by atoms with Crippen molar-refractivity contribution in [3.63, 3.8) is 0 Å². The lowest BCUT2D eigenvalue weighted by Crippen LogP contribution is -2.46. The first-order valence-corrected chi connectivity index (χ1v) is 29.5. The number of amides is 1. The van der Waals surface area contributed by atoms with Gasteiger partial charge >= 0.3 is 5.97 Å². The van der Waals surface area contributed by atoms with Gasteiger partial charge in [-0.25, -0.2) is 0 Å². The number of allylic oxidation sites excluding steroid dienone is 10. The van der Waals surface area contributed by atoms with Gasteiger partial charge in [0.1, 0.15) is 6.10 Å². The van der Waals surface area contributed by atoms with E-state index in [9.17, 15) is 19.8 Å². The second-order valence-electron chi connectivity index (χ2n) is 20.1. The molecule has 6 nitrogen and oxygen atoms in total. The number of aliphatic hydroxyl groups excluding tert-OH is 2. The number of ether oxygens (including phenoxy) is 1. The van der Waals surface area contributed by atoms with Gasteiger partial charge in [0.05, 0.1) is 25.2 Å². The Hall–Kier alpha value is -2.44. The Morgan fingerprint density at radius 2 is 0.794 bits per heavy atom. The SMILES string of the molecule is CCCCC/C=C\C/C=C\C/C=C\CCCCCCCCC(=O)OC(CCCCC/C=C/C=C/CCCCCCCCC)CC(=O)NC(CO)C(O)CCCCCCCCCCCCCCCC. The van der Waals surface area contributed by atoms with E-state index in [1.165, 1.54) is 161 Å². The smallest absolute Gasteiger partial charge is 0.306 e. The number of carbonyl (C=O) groups is 2. The molecule has 3 N–H and O–H groups in total. The first-order valence-electron chi connectivity index (χ1n) is 29.5. The molecule has 3 atom stereocenters. The Kier molecular flexibility index (Phi) is 53.5. The lowest BCUT2D eigenvalue weighted by atomic mass is 10.0. The first kappa shape index (κ1) is 65.6. The number of unbranched alkanes of at least 4 members (excludes halogenated alkanes) is 32. The molecule has 0 spiro atoms. The van der Waals surface area contributed by atoms with Crippen LogP contribution < -0.4 is 5.32 Å². The number of hydrogen-bond acceptors (Lipinski definition) is 5. The summed E-state index contributed by atoms with van der Waals surface area (Å²) >= 11 is 0. The van der Waals surface area contributed by atoms with E-state index in [1.807, 2.05) is 0 Å². The van der Waals surface area contributed by atoms with E-state index in [-0.39, 0.29) is 24.9 Å². The summed E-state index contributed by atoms with van der Waals surface area (Å²) in [5.41, 5.74) is 0. The fraction of sp³-hybridized carbons (Fsp3) is 0.806. The van der Waals surface area contributed by atoms with E-state index in [4.69, 9.17) is 4.74 Å². The van der Waals surface area contributed by atoms with Crippen LogP contribution in [0.5, 0.6) is 0 Å². The van der Waals surface area contributed by atoms with Crippen molar-refractivity contribution in [3.8, 4) is 0 Å². The molecule has 0 fully saturated rings. The zero-order valence-corrected chi connectivity index (χ0v) is 45.2. The van der Waals surface area contributed by atoms with Gasteiger partial charge in [0.25, 0.3) is 0 Å². The summed E-state index contributed by atoms with van der Waals surface area (Å²) in [5, 5.41) is 23.9. The first-order chi connectivity index (χ1) is 33.5. The third kappa shape index (κ3) is 50.0. The summed E-state index contributed by atoms with van der Waals surface area (Å²) in [6.07, 6.45) is 70.0. The van der Waals surface area contributed by atoms with Gasteiger partial charge in [0.2, 0.25) is 5.91 Å². The molecule has 0 heterocycles. The van der Waals surface area contributed by atoms with Gasteiger partial charge in [-0.15, -0.1) is 0 Å². The highest BCUT2D eigenvalue weighted by Crippen LogP contribution is 2.18. The summed E-state index contributed by atoms with van der Waals surface area (Å²) in [6, 6.07) is -0.715. The molecule has 6 heteroatoms. The van der Waals surface area contributed by atoms with E-state index in [1.54, 1.807) is 0 Å². The zero-order chi connectivity index (χ0) is 49.5. The molecule has 0 aromatic carbocycles. The molecule has 0 saturated carbocycles. The fourth-order valence-electron chi connectivity index (χ4n) is 8.84. The third-order valence-electron chi connectivity index (χ3n) is 13.3. The molecule has 0 aliphatic rings. The molecule has 3 unspecified atom stereocenters. The Labute approximate surface area is 422 Å². The van der Waals surface area contributed by atoms with Crippen LogP contribution in [0.25, 0.3) is 0 Å². The van der Waals surface area contributed by atoms with Crippen molar-refractivity contribution < 1.29 is 24.5 Å². The third-order valence-corrected chi connectivity index (χ3v) is 13.3. The van der Waals surface area contributed by atoms with E-state index >= 15 is 0 Å². The van der Waals surface area contributed by atoms with Crippen molar-refractivity contribution in [1.29, 1.82) is 0 Å². The van der Waals surface area contributed by atoms with Crippen LogP contribution in [0.15, 0.2) is 60.8 Å². The van der Waals surface area contributed by atoms with Gasteiger partial charge in [0.15, 0.2) is 0 Å². The van der Waals surface area contributed by atoms with Crippen molar-refractivity contribution in [2.24, 2.45) is 0 Å². The maximum atomic E-state index is 13.3. The van der Waals surface area contributed by atoms with Gasteiger partial charge in [-0.3, -0.25) is 9.59 Å². The average Bonchev–Trinajstić information content (AvgIpc) is 3.33. The molecule has 68 heavy (non-hydrogen) atoms.